The van der Waals surface area contributed by atoms with E-state index in [1.807, 2.05) is 31.2 Å². The molecule has 0 aliphatic heterocycles. The highest BCUT2D eigenvalue weighted by Crippen LogP contribution is 2.17. The number of thioether (sulfide) groups is 1. The van der Waals surface area contributed by atoms with Gasteiger partial charge in [0.2, 0.25) is 0 Å². The fourth-order valence-electron chi connectivity index (χ4n) is 1.91. The average molecular weight is 323 g/mol. The molecule has 21 heavy (non-hydrogen) atoms. The molecule has 0 atom stereocenters. The van der Waals surface area contributed by atoms with E-state index in [9.17, 15) is 4.79 Å². The van der Waals surface area contributed by atoms with Gasteiger partial charge in [-0.15, -0.1) is 0 Å². The minimum atomic E-state index is -0.0521. The van der Waals surface area contributed by atoms with Crippen molar-refractivity contribution in [3.8, 4) is 0 Å². The van der Waals surface area contributed by atoms with Crippen molar-refractivity contribution in [3.05, 3.63) is 56.5 Å². The summed E-state index contributed by atoms with van der Waals surface area (Å²) < 4.78 is 0. The largest absolute Gasteiger partial charge is 0.301 e. The minimum Gasteiger partial charge on any atom is -0.301 e. The van der Waals surface area contributed by atoms with E-state index in [1.54, 1.807) is 11.8 Å². The molecule has 0 saturated carbocycles. The molecule has 0 fully saturated rings. The molecule has 1 aromatic heterocycles. The summed E-state index contributed by atoms with van der Waals surface area (Å²) in [5, 5.41) is 1.40. The molecule has 0 radical (unpaired) electrons. The lowest BCUT2D eigenvalue weighted by atomic mass is 10.1. The van der Waals surface area contributed by atoms with Gasteiger partial charge in [-0.1, -0.05) is 49.3 Å². The molecule has 0 bridgehead atoms. The molecule has 0 aliphatic carbocycles. The van der Waals surface area contributed by atoms with E-state index < -0.39 is 0 Å². The second-order valence-corrected chi connectivity index (χ2v) is 6.89. The molecule has 0 spiro atoms. The van der Waals surface area contributed by atoms with Gasteiger partial charge in [0.25, 0.3) is 5.56 Å². The van der Waals surface area contributed by atoms with Gasteiger partial charge in [0, 0.05) is 28.5 Å². The molecule has 5 heteroatoms. The van der Waals surface area contributed by atoms with Crippen molar-refractivity contribution in [2.24, 2.45) is 5.92 Å². The summed E-state index contributed by atoms with van der Waals surface area (Å²) in [5.74, 6) is 1.51. The lowest BCUT2D eigenvalue weighted by molar-refractivity contribution is 0.746. The first kappa shape index (κ1) is 16.1. The van der Waals surface area contributed by atoms with Gasteiger partial charge in [0.1, 0.15) is 0 Å². The molecule has 0 unspecified atom stereocenters. The van der Waals surface area contributed by atoms with E-state index in [0.717, 1.165) is 17.0 Å². The number of aromatic amines is 1. The smallest absolute Gasteiger partial charge is 0.255 e. The van der Waals surface area contributed by atoms with Crippen molar-refractivity contribution in [3.63, 3.8) is 0 Å². The number of aryl methyl sites for hydroxylation is 1. The Morgan fingerprint density at radius 2 is 1.95 bits per heavy atom. The molecule has 2 aromatic rings. The predicted molar refractivity (Wildman–Crippen MR) is 89.4 cm³/mol. The summed E-state index contributed by atoms with van der Waals surface area (Å²) in [5.41, 5.74) is 2.51. The van der Waals surface area contributed by atoms with Crippen LogP contribution in [0.15, 0.2) is 34.2 Å². The quantitative estimate of drug-likeness (QED) is 0.666. The molecular weight excluding hydrogens is 304 g/mol. The van der Waals surface area contributed by atoms with Gasteiger partial charge in [-0.2, -0.15) is 0 Å². The summed E-state index contributed by atoms with van der Waals surface area (Å²) in [6.07, 6.45) is 0.570. The Bertz CT molecular complexity index is 665. The Balaban J connectivity index is 2.20. The average Bonchev–Trinajstić information content (AvgIpc) is 2.42. The van der Waals surface area contributed by atoms with Crippen molar-refractivity contribution < 1.29 is 0 Å². The second kappa shape index (κ2) is 7.14. The third kappa shape index (κ3) is 4.61. The zero-order chi connectivity index (χ0) is 15.4. The second-order valence-electron chi connectivity index (χ2n) is 5.44. The molecule has 1 heterocycles. The highest BCUT2D eigenvalue weighted by molar-refractivity contribution is 7.99. The highest BCUT2D eigenvalue weighted by Gasteiger charge is 2.10. The van der Waals surface area contributed by atoms with Crippen molar-refractivity contribution in [2.75, 3.05) is 5.75 Å². The van der Waals surface area contributed by atoms with E-state index in [0.29, 0.717) is 28.1 Å². The van der Waals surface area contributed by atoms with Crippen LogP contribution in [0.4, 0.5) is 0 Å². The van der Waals surface area contributed by atoms with Crippen molar-refractivity contribution in [2.45, 2.75) is 32.3 Å². The molecule has 0 aliphatic rings. The predicted octanol–water partition coefficient (Wildman–Crippen LogP) is 4.07. The maximum atomic E-state index is 12.2. The highest BCUT2D eigenvalue weighted by atomic mass is 35.5. The van der Waals surface area contributed by atoms with Crippen LogP contribution in [0.5, 0.6) is 0 Å². The van der Waals surface area contributed by atoms with Gasteiger partial charge in [-0.05, 0) is 30.5 Å². The van der Waals surface area contributed by atoms with Gasteiger partial charge >= 0.3 is 0 Å². The van der Waals surface area contributed by atoms with Gasteiger partial charge in [-0.3, -0.25) is 4.79 Å². The number of nitrogens with zero attached hydrogens (tertiary/aromatic N) is 1. The molecule has 1 aromatic carbocycles. The maximum Gasteiger partial charge on any atom is 0.255 e. The zero-order valence-electron chi connectivity index (χ0n) is 12.4. The number of benzene rings is 1. The van der Waals surface area contributed by atoms with Crippen LogP contribution >= 0.6 is 23.4 Å². The Kier molecular flexibility index (Phi) is 5.48. The van der Waals surface area contributed by atoms with Crippen LogP contribution in [-0.4, -0.2) is 15.7 Å². The van der Waals surface area contributed by atoms with Gasteiger partial charge in [-0.25, -0.2) is 4.98 Å². The van der Waals surface area contributed by atoms with E-state index >= 15 is 0 Å². The molecule has 0 saturated heterocycles. The number of halogens is 1. The number of nitrogens with one attached hydrogen (secondary N) is 1. The summed E-state index contributed by atoms with van der Waals surface area (Å²) in [7, 11) is 0. The summed E-state index contributed by atoms with van der Waals surface area (Å²) in [6.45, 7) is 6.18. The first-order valence-corrected chi connectivity index (χ1v) is 8.29. The van der Waals surface area contributed by atoms with Crippen LogP contribution in [-0.2, 0) is 6.42 Å². The molecule has 112 valence electrons. The van der Waals surface area contributed by atoms with E-state index in [1.165, 1.54) is 0 Å². The number of H-pyrrole nitrogens is 1. The molecule has 2 rings (SSSR count). The Morgan fingerprint density at radius 3 is 2.52 bits per heavy atom. The van der Waals surface area contributed by atoms with Gasteiger partial charge in [0.15, 0.2) is 5.16 Å². The fourth-order valence-corrected chi connectivity index (χ4v) is 2.90. The van der Waals surface area contributed by atoms with Crippen LogP contribution in [0, 0.1) is 12.8 Å². The molecule has 0 amide bonds. The van der Waals surface area contributed by atoms with Crippen LogP contribution in [0.25, 0.3) is 0 Å². The summed E-state index contributed by atoms with van der Waals surface area (Å²) in [4.78, 5) is 19.6. The molecular formula is C16H19ClN2OS. The van der Waals surface area contributed by atoms with Crippen LogP contribution < -0.4 is 5.56 Å². The van der Waals surface area contributed by atoms with Gasteiger partial charge in [0.05, 0.1) is 0 Å². The van der Waals surface area contributed by atoms with E-state index in [2.05, 4.69) is 23.8 Å². The lowest BCUT2D eigenvalue weighted by Crippen LogP contribution is -2.18. The van der Waals surface area contributed by atoms with Crippen molar-refractivity contribution >= 4 is 23.4 Å². The lowest BCUT2D eigenvalue weighted by Gasteiger charge is -2.08. The van der Waals surface area contributed by atoms with E-state index in [-0.39, 0.29) is 5.56 Å². The minimum absolute atomic E-state index is 0.0521. The standard InChI is InChI=1S/C16H19ClN2OS/c1-10(2)9-21-16-18-11(3)14(15(20)19-16)8-12-4-6-13(17)7-5-12/h4-7,10H,8-9H2,1-3H3,(H,18,19,20). The van der Waals surface area contributed by atoms with Crippen LogP contribution in [0.3, 0.4) is 0 Å². The summed E-state index contributed by atoms with van der Waals surface area (Å²) in [6, 6.07) is 7.53. The Labute approximate surface area is 134 Å². The molecule has 3 nitrogen and oxygen atoms in total. The van der Waals surface area contributed by atoms with Crippen LogP contribution in [0.2, 0.25) is 5.02 Å². The number of rotatable bonds is 5. The normalized spacial score (nSPS) is 11.1. The first-order valence-electron chi connectivity index (χ1n) is 6.92. The third-order valence-corrected chi connectivity index (χ3v) is 4.60. The Morgan fingerprint density at radius 1 is 1.29 bits per heavy atom. The van der Waals surface area contributed by atoms with Crippen LogP contribution in [0.1, 0.15) is 30.7 Å². The van der Waals surface area contributed by atoms with Crippen molar-refractivity contribution in [1.29, 1.82) is 0 Å². The number of hydrogen-bond acceptors (Lipinski definition) is 3. The number of hydrogen-bond donors (Lipinski definition) is 1. The van der Waals surface area contributed by atoms with Crippen molar-refractivity contribution in [1.82, 2.24) is 9.97 Å². The first-order chi connectivity index (χ1) is 9.95. The Hall–Kier alpha value is -1.26. The topological polar surface area (TPSA) is 45.8 Å². The monoisotopic (exact) mass is 322 g/mol. The maximum absolute atomic E-state index is 12.2. The molecule has 1 N–H and O–H groups in total. The van der Waals surface area contributed by atoms with Gasteiger partial charge < -0.3 is 4.98 Å². The summed E-state index contributed by atoms with van der Waals surface area (Å²) >= 11 is 7.46. The SMILES string of the molecule is Cc1nc(SCC(C)C)[nH]c(=O)c1Cc1ccc(Cl)cc1. The van der Waals surface area contributed by atoms with E-state index in [4.69, 9.17) is 11.6 Å². The zero-order valence-corrected chi connectivity index (χ0v) is 14.0. The number of aromatic nitrogens is 2. The fraction of sp³-hybridized carbons (Fsp3) is 0.375. The third-order valence-electron chi connectivity index (χ3n) is 3.05.